The minimum absolute atomic E-state index is 0.00561. The predicted molar refractivity (Wildman–Crippen MR) is 158 cm³/mol. The molecule has 1 aliphatic heterocycles. The van der Waals surface area contributed by atoms with E-state index in [1.165, 1.54) is 17.5 Å². The molecule has 40 heavy (non-hydrogen) atoms. The number of carbonyl (C=O) groups excluding carboxylic acids is 1. The number of aliphatic hydroxyl groups excluding tert-OH is 1. The van der Waals surface area contributed by atoms with Crippen molar-refractivity contribution in [3.8, 4) is 5.75 Å². The van der Waals surface area contributed by atoms with Crippen LogP contribution in [-0.2, 0) is 21.4 Å². The number of carbonyl (C=O) groups is 1. The van der Waals surface area contributed by atoms with Crippen molar-refractivity contribution in [3.05, 3.63) is 94.0 Å². The lowest BCUT2D eigenvalue weighted by molar-refractivity contribution is -0.115. The van der Waals surface area contributed by atoms with Crippen molar-refractivity contribution in [1.82, 2.24) is 0 Å². The van der Waals surface area contributed by atoms with E-state index in [1.807, 2.05) is 50.2 Å². The third-order valence-electron chi connectivity index (χ3n) is 9.09. The van der Waals surface area contributed by atoms with Gasteiger partial charge in [0.05, 0.1) is 24.9 Å². The van der Waals surface area contributed by atoms with Gasteiger partial charge in [-0.25, -0.2) is 0 Å². The maximum absolute atomic E-state index is 12.1. The minimum atomic E-state index is -0.392. The SMILES string of the molecule is CCOc1ccc(Cc2cc(C3CC(O)CC(CC4C5CC45c4ccccc4NC(=O)CC)O3)ccc2Cl)cc1. The number of aliphatic hydroxyl groups is 1. The Hall–Kier alpha value is -2.86. The number of hydrogen-bond acceptors (Lipinski definition) is 4. The zero-order chi connectivity index (χ0) is 27.9. The fourth-order valence-corrected chi connectivity index (χ4v) is 7.01. The Morgan fingerprint density at radius 3 is 2.65 bits per heavy atom. The molecule has 3 aliphatic rings. The molecule has 1 amide bonds. The third-order valence-corrected chi connectivity index (χ3v) is 9.46. The number of para-hydroxylation sites is 1. The van der Waals surface area contributed by atoms with E-state index < -0.39 is 6.10 Å². The monoisotopic (exact) mass is 559 g/mol. The van der Waals surface area contributed by atoms with Crippen molar-refractivity contribution < 1.29 is 19.4 Å². The number of fused-ring (bicyclic) bond motifs is 1. The summed E-state index contributed by atoms with van der Waals surface area (Å²) >= 11 is 6.61. The number of ether oxygens (including phenoxy) is 2. The molecular formula is C34H38ClNO4. The summed E-state index contributed by atoms with van der Waals surface area (Å²) in [5.41, 5.74) is 5.65. The Morgan fingerprint density at radius 1 is 1.10 bits per heavy atom. The summed E-state index contributed by atoms with van der Waals surface area (Å²) in [6.45, 7) is 4.50. The first-order chi connectivity index (χ1) is 19.4. The second-order valence-electron chi connectivity index (χ2n) is 11.6. The highest BCUT2D eigenvalue weighted by Crippen LogP contribution is 2.82. The highest BCUT2D eigenvalue weighted by Gasteiger charge is 2.79. The fraction of sp³-hybridized carbons (Fsp3) is 0.441. The van der Waals surface area contributed by atoms with Gasteiger partial charge in [-0.3, -0.25) is 4.79 Å². The van der Waals surface area contributed by atoms with Crippen molar-refractivity contribution in [1.29, 1.82) is 0 Å². The summed E-state index contributed by atoms with van der Waals surface area (Å²) in [6, 6.07) is 22.5. The Labute approximate surface area is 241 Å². The first-order valence-corrected chi connectivity index (χ1v) is 15.0. The van der Waals surface area contributed by atoms with Gasteiger partial charge < -0.3 is 19.9 Å². The number of nitrogens with one attached hydrogen (secondary N) is 1. The van der Waals surface area contributed by atoms with Crippen molar-refractivity contribution in [2.24, 2.45) is 11.8 Å². The number of amides is 1. The highest BCUT2D eigenvalue weighted by molar-refractivity contribution is 6.31. The minimum Gasteiger partial charge on any atom is -0.494 e. The molecule has 6 rings (SSSR count). The van der Waals surface area contributed by atoms with Gasteiger partial charge in [0.15, 0.2) is 0 Å². The molecule has 2 N–H and O–H groups in total. The molecule has 2 saturated carbocycles. The van der Waals surface area contributed by atoms with Crippen molar-refractivity contribution in [2.75, 3.05) is 11.9 Å². The number of rotatable bonds is 10. The number of hydrogen-bond donors (Lipinski definition) is 2. The van der Waals surface area contributed by atoms with E-state index in [2.05, 4.69) is 35.6 Å². The van der Waals surface area contributed by atoms with Crippen LogP contribution in [0.4, 0.5) is 5.69 Å². The van der Waals surface area contributed by atoms with E-state index >= 15 is 0 Å². The standard InChI is InChI=1S/C34H38ClNO4/c1-3-33(38)36-31-8-6-5-7-27(31)34-20-29(34)28(34)19-26-17-24(37)18-32(40-26)22-11-14-30(35)23(16-22)15-21-9-12-25(13-10-21)39-4-2/h5-14,16,24,26,28-29,32,37H,3-4,15,17-20H2,1-2H3,(H,36,38). The summed E-state index contributed by atoms with van der Waals surface area (Å²) in [5.74, 6) is 2.09. The Morgan fingerprint density at radius 2 is 1.90 bits per heavy atom. The largest absolute Gasteiger partial charge is 0.494 e. The molecule has 0 aromatic heterocycles. The van der Waals surface area contributed by atoms with E-state index in [4.69, 9.17) is 21.1 Å². The van der Waals surface area contributed by atoms with Crippen LogP contribution in [0.3, 0.4) is 0 Å². The zero-order valence-corrected chi connectivity index (χ0v) is 24.0. The van der Waals surface area contributed by atoms with Gasteiger partial charge >= 0.3 is 0 Å². The molecule has 3 aromatic rings. The van der Waals surface area contributed by atoms with E-state index in [-0.39, 0.29) is 23.5 Å². The van der Waals surface area contributed by atoms with Crippen molar-refractivity contribution in [3.63, 3.8) is 0 Å². The summed E-state index contributed by atoms with van der Waals surface area (Å²) < 4.78 is 12.2. The second-order valence-corrected chi connectivity index (χ2v) is 12.0. The first-order valence-electron chi connectivity index (χ1n) is 14.6. The van der Waals surface area contributed by atoms with Gasteiger partial charge in [-0.05, 0) is 91.0 Å². The average Bonchev–Trinajstić information content (AvgIpc) is 3.84. The fourth-order valence-electron chi connectivity index (χ4n) is 6.82. The normalized spacial score (nSPS) is 28.4. The first kappa shape index (κ1) is 27.3. The molecule has 5 nitrogen and oxygen atoms in total. The molecular weight excluding hydrogens is 522 g/mol. The van der Waals surface area contributed by atoms with Crippen LogP contribution in [0.5, 0.6) is 5.75 Å². The molecule has 3 aromatic carbocycles. The van der Waals surface area contributed by atoms with Gasteiger partial charge in [0, 0.05) is 29.0 Å². The Balaban J connectivity index is 1.13. The summed E-state index contributed by atoms with van der Waals surface area (Å²) in [7, 11) is 0. The van der Waals surface area contributed by atoms with Crippen LogP contribution >= 0.6 is 11.6 Å². The van der Waals surface area contributed by atoms with Crippen molar-refractivity contribution in [2.45, 2.75) is 76.1 Å². The molecule has 6 atom stereocenters. The smallest absolute Gasteiger partial charge is 0.224 e. The van der Waals surface area contributed by atoms with Gasteiger partial charge in [0.2, 0.25) is 5.91 Å². The quantitative estimate of drug-likeness (QED) is 0.275. The number of halogens is 1. The molecule has 0 radical (unpaired) electrons. The molecule has 6 unspecified atom stereocenters. The second kappa shape index (κ2) is 11.2. The molecule has 2 aliphatic carbocycles. The molecule has 0 spiro atoms. The summed E-state index contributed by atoms with van der Waals surface area (Å²) in [4.78, 5) is 12.1. The topological polar surface area (TPSA) is 67.8 Å². The molecule has 210 valence electrons. The van der Waals surface area contributed by atoms with E-state index in [0.29, 0.717) is 37.7 Å². The molecule has 0 bridgehead atoms. The summed E-state index contributed by atoms with van der Waals surface area (Å²) in [6.07, 6.45) is 3.99. The van der Waals surface area contributed by atoms with Crippen LogP contribution < -0.4 is 10.1 Å². The Kier molecular flexibility index (Phi) is 7.64. The maximum Gasteiger partial charge on any atom is 0.224 e. The van der Waals surface area contributed by atoms with E-state index in [9.17, 15) is 9.90 Å². The lowest BCUT2D eigenvalue weighted by Gasteiger charge is -2.35. The van der Waals surface area contributed by atoms with Gasteiger partial charge in [-0.2, -0.15) is 0 Å². The summed E-state index contributed by atoms with van der Waals surface area (Å²) in [5, 5.41) is 14.7. The maximum atomic E-state index is 12.1. The van der Waals surface area contributed by atoms with Crippen molar-refractivity contribution >= 4 is 23.2 Å². The van der Waals surface area contributed by atoms with Crippen LogP contribution in [0.1, 0.15) is 74.3 Å². The third kappa shape index (κ3) is 5.39. The van der Waals surface area contributed by atoms with E-state index in [1.54, 1.807) is 0 Å². The Bertz CT molecular complexity index is 1370. The van der Waals surface area contributed by atoms with Crippen LogP contribution in [0, 0.1) is 11.8 Å². The lowest BCUT2D eigenvalue weighted by atomic mass is 9.88. The highest BCUT2D eigenvalue weighted by atomic mass is 35.5. The lowest BCUT2D eigenvalue weighted by Crippen LogP contribution is -2.32. The predicted octanol–water partition coefficient (Wildman–Crippen LogP) is 7.24. The van der Waals surface area contributed by atoms with Crippen LogP contribution in [0.2, 0.25) is 5.02 Å². The molecule has 3 fully saturated rings. The molecule has 6 heteroatoms. The number of benzene rings is 3. The average molecular weight is 560 g/mol. The number of anilines is 1. The van der Waals surface area contributed by atoms with Crippen LogP contribution in [-0.4, -0.2) is 29.8 Å². The zero-order valence-electron chi connectivity index (χ0n) is 23.2. The van der Waals surface area contributed by atoms with Crippen LogP contribution in [0.15, 0.2) is 66.7 Å². The van der Waals surface area contributed by atoms with Gasteiger partial charge in [0.25, 0.3) is 0 Å². The van der Waals surface area contributed by atoms with Gasteiger partial charge in [-0.1, -0.05) is 61.0 Å². The molecule has 1 saturated heterocycles. The van der Waals surface area contributed by atoms with Crippen LogP contribution in [0.25, 0.3) is 0 Å². The van der Waals surface area contributed by atoms with E-state index in [0.717, 1.165) is 40.4 Å². The van der Waals surface area contributed by atoms with Gasteiger partial charge in [0.1, 0.15) is 5.75 Å². The molecule has 1 heterocycles. The van der Waals surface area contributed by atoms with Gasteiger partial charge in [-0.15, -0.1) is 0 Å².